The summed E-state index contributed by atoms with van der Waals surface area (Å²) in [7, 11) is 0. The van der Waals surface area contributed by atoms with Gasteiger partial charge in [0.2, 0.25) is 0 Å². The van der Waals surface area contributed by atoms with Crippen molar-refractivity contribution in [3.63, 3.8) is 0 Å². The van der Waals surface area contributed by atoms with Crippen LogP contribution < -0.4 is 5.73 Å². The fourth-order valence-electron chi connectivity index (χ4n) is 1.18. The molecule has 0 spiro atoms. The molecule has 0 aliphatic rings. The molecule has 0 radical (unpaired) electrons. The molecule has 0 aromatic carbocycles. The van der Waals surface area contributed by atoms with Crippen molar-refractivity contribution in [2.75, 3.05) is 0 Å². The molecule has 0 aliphatic carbocycles. The third-order valence-corrected chi connectivity index (χ3v) is 1.91. The van der Waals surface area contributed by atoms with Crippen LogP contribution in [0.4, 0.5) is 0 Å². The Bertz CT molecular complexity index is 348. The van der Waals surface area contributed by atoms with E-state index in [1.807, 2.05) is 12.1 Å². The molecule has 1 unspecified atom stereocenters. The van der Waals surface area contributed by atoms with Crippen molar-refractivity contribution < 1.29 is 0 Å². The number of rotatable bonds is 2. The van der Waals surface area contributed by atoms with E-state index in [9.17, 15) is 0 Å². The van der Waals surface area contributed by atoms with Gasteiger partial charge in [-0.3, -0.25) is 4.98 Å². The molecule has 70 valence electrons. The maximum absolute atomic E-state index is 5.95. The minimum Gasteiger partial charge on any atom is -0.318 e. The number of hydrogen-bond donors (Lipinski definition) is 1. The predicted octanol–water partition coefficient (Wildman–Crippen LogP) is 0.920. The highest BCUT2D eigenvalue weighted by atomic mass is 14.9. The molecule has 0 aliphatic heterocycles. The van der Waals surface area contributed by atoms with E-state index in [1.54, 1.807) is 30.9 Å². The van der Waals surface area contributed by atoms with Crippen LogP contribution in [-0.2, 0) is 0 Å². The number of nitrogens with zero attached hydrogens (tertiary/aromatic N) is 3. The number of pyridine rings is 1. The first-order valence-electron chi connectivity index (χ1n) is 4.30. The first-order chi connectivity index (χ1) is 6.88. The van der Waals surface area contributed by atoms with Gasteiger partial charge in [-0.25, -0.2) is 9.97 Å². The molecule has 4 nitrogen and oxygen atoms in total. The Kier molecular flexibility index (Phi) is 2.46. The van der Waals surface area contributed by atoms with Gasteiger partial charge in [0.25, 0.3) is 0 Å². The zero-order chi connectivity index (χ0) is 9.80. The zero-order valence-corrected chi connectivity index (χ0v) is 7.54. The van der Waals surface area contributed by atoms with Crippen LogP contribution in [0.15, 0.2) is 43.0 Å². The van der Waals surface area contributed by atoms with E-state index in [0.717, 1.165) is 5.56 Å². The lowest BCUT2D eigenvalue weighted by atomic mass is 10.1. The predicted molar refractivity (Wildman–Crippen MR) is 52.3 cm³/mol. The highest BCUT2D eigenvalue weighted by Gasteiger charge is 2.10. The molecule has 2 aromatic heterocycles. The Morgan fingerprint density at radius 2 is 1.86 bits per heavy atom. The molecule has 2 aromatic rings. The van der Waals surface area contributed by atoms with Crippen molar-refractivity contribution >= 4 is 0 Å². The van der Waals surface area contributed by atoms with Crippen molar-refractivity contribution in [3.8, 4) is 0 Å². The Morgan fingerprint density at radius 1 is 1.07 bits per heavy atom. The van der Waals surface area contributed by atoms with Crippen molar-refractivity contribution in [1.29, 1.82) is 0 Å². The average Bonchev–Trinajstić information content (AvgIpc) is 2.30. The molecular formula is C10H10N4. The van der Waals surface area contributed by atoms with Gasteiger partial charge in [0.1, 0.15) is 5.82 Å². The van der Waals surface area contributed by atoms with Gasteiger partial charge in [0.15, 0.2) is 0 Å². The second kappa shape index (κ2) is 3.93. The van der Waals surface area contributed by atoms with Gasteiger partial charge >= 0.3 is 0 Å². The lowest BCUT2D eigenvalue weighted by Gasteiger charge is -2.08. The Morgan fingerprint density at radius 3 is 2.50 bits per heavy atom. The SMILES string of the molecule is NC(c1cccnc1)c1ncccn1. The monoisotopic (exact) mass is 186 g/mol. The highest BCUT2D eigenvalue weighted by molar-refractivity contribution is 5.20. The Hall–Kier alpha value is -1.81. The van der Waals surface area contributed by atoms with E-state index in [2.05, 4.69) is 15.0 Å². The Balaban J connectivity index is 2.30. The third kappa shape index (κ3) is 1.75. The van der Waals surface area contributed by atoms with Crippen LogP contribution in [0.2, 0.25) is 0 Å². The van der Waals surface area contributed by atoms with Crippen molar-refractivity contribution in [2.45, 2.75) is 6.04 Å². The van der Waals surface area contributed by atoms with Crippen LogP contribution in [0, 0.1) is 0 Å². The molecule has 14 heavy (non-hydrogen) atoms. The quantitative estimate of drug-likeness (QED) is 0.757. The van der Waals surface area contributed by atoms with Crippen molar-refractivity contribution in [3.05, 3.63) is 54.4 Å². The van der Waals surface area contributed by atoms with Crippen LogP contribution >= 0.6 is 0 Å². The lowest BCUT2D eigenvalue weighted by molar-refractivity contribution is 0.776. The molecular weight excluding hydrogens is 176 g/mol. The highest BCUT2D eigenvalue weighted by Crippen LogP contribution is 2.13. The van der Waals surface area contributed by atoms with E-state index in [-0.39, 0.29) is 6.04 Å². The molecule has 0 fully saturated rings. The topological polar surface area (TPSA) is 64.7 Å². The average molecular weight is 186 g/mol. The summed E-state index contributed by atoms with van der Waals surface area (Å²) < 4.78 is 0. The summed E-state index contributed by atoms with van der Waals surface area (Å²) in [6.07, 6.45) is 6.79. The summed E-state index contributed by atoms with van der Waals surface area (Å²) in [5, 5.41) is 0. The molecule has 0 amide bonds. The van der Waals surface area contributed by atoms with Gasteiger partial charge in [-0.15, -0.1) is 0 Å². The summed E-state index contributed by atoms with van der Waals surface area (Å²) in [6, 6.07) is 5.22. The molecule has 4 heteroatoms. The summed E-state index contributed by atoms with van der Waals surface area (Å²) in [5.41, 5.74) is 6.87. The van der Waals surface area contributed by atoms with Gasteiger partial charge < -0.3 is 5.73 Å². The van der Waals surface area contributed by atoms with E-state index in [4.69, 9.17) is 5.73 Å². The summed E-state index contributed by atoms with van der Waals surface area (Å²) in [5.74, 6) is 0.612. The first kappa shape index (κ1) is 8.77. The molecule has 0 saturated carbocycles. The van der Waals surface area contributed by atoms with Crippen molar-refractivity contribution in [2.24, 2.45) is 5.73 Å². The largest absolute Gasteiger partial charge is 0.318 e. The molecule has 0 saturated heterocycles. The summed E-state index contributed by atoms with van der Waals surface area (Å²) in [6.45, 7) is 0. The molecule has 1 atom stereocenters. The van der Waals surface area contributed by atoms with Gasteiger partial charge in [-0.05, 0) is 17.7 Å². The summed E-state index contributed by atoms with van der Waals surface area (Å²) >= 11 is 0. The van der Waals surface area contributed by atoms with Crippen LogP contribution in [0.5, 0.6) is 0 Å². The van der Waals surface area contributed by atoms with E-state index >= 15 is 0 Å². The standard InChI is InChI=1S/C10H10N4/c11-9(8-3-1-4-12-7-8)10-13-5-2-6-14-10/h1-7,9H,11H2. The maximum Gasteiger partial charge on any atom is 0.149 e. The second-order valence-electron chi connectivity index (χ2n) is 2.87. The molecule has 2 N–H and O–H groups in total. The molecule has 0 bridgehead atoms. The third-order valence-electron chi connectivity index (χ3n) is 1.91. The van der Waals surface area contributed by atoms with E-state index < -0.39 is 0 Å². The fourth-order valence-corrected chi connectivity index (χ4v) is 1.18. The minimum absolute atomic E-state index is 0.301. The lowest BCUT2D eigenvalue weighted by Crippen LogP contribution is -2.15. The van der Waals surface area contributed by atoms with Crippen LogP contribution in [-0.4, -0.2) is 15.0 Å². The van der Waals surface area contributed by atoms with Gasteiger partial charge in [-0.1, -0.05) is 6.07 Å². The number of aromatic nitrogens is 3. The Labute approximate surface area is 81.9 Å². The molecule has 2 rings (SSSR count). The van der Waals surface area contributed by atoms with Gasteiger partial charge in [-0.2, -0.15) is 0 Å². The smallest absolute Gasteiger partial charge is 0.149 e. The van der Waals surface area contributed by atoms with E-state index in [1.165, 1.54) is 0 Å². The zero-order valence-electron chi connectivity index (χ0n) is 7.54. The summed E-state index contributed by atoms with van der Waals surface area (Å²) in [4.78, 5) is 12.2. The maximum atomic E-state index is 5.95. The molecule has 2 heterocycles. The fraction of sp³-hybridized carbons (Fsp3) is 0.100. The normalized spacial score (nSPS) is 12.4. The minimum atomic E-state index is -0.301. The number of hydrogen-bond acceptors (Lipinski definition) is 4. The second-order valence-corrected chi connectivity index (χ2v) is 2.87. The van der Waals surface area contributed by atoms with Crippen LogP contribution in [0.3, 0.4) is 0 Å². The van der Waals surface area contributed by atoms with Gasteiger partial charge in [0.05, 0.1) is 6.04 Å². The number of nitrogens with two attached hydrogens (primary N) is 1. The first-order valence-corrected chi connectivity index (χ1v) is 4.30. The van der Waals surface area contributed by atoms with Crippen LogP contribution in [0.1, 0.15) is 17.4 Å². The van der Waals surface area contributed by atoms with Crippen molar-refractivity contribution in [1.82, 2.24) is 15.0 Å². The van der Waals surface area contributed by atoms with Gasteiger partial charge in [0, 0.05) is 24.8 Å². The van der Waals surface area contributed by atoms with E-state index in [0.29, 0.717) is 5.82 Å². The van der Waals surface area contributed by atoms with Crippen LogP contribution in [0.25, 0.3) is 0 Å².